The third-order valence-corrected chi connectivity index (χ3v) is 4.50. The Hall–Kier alpha value is -2.15. The second-order valence-corrected chi connectivity index (χ2v) is 6.29. The highest BCUT2D eigenvalue weighted by molar-refractivity contribution is 6.11. The summed E-state index contributed by atoms with van der Waals surface area (Å²) in [4.78, 5) is 12.6. The number of hydrogen-bond donors (Lipinski definition) is 1. The Morgan fingerprint density at radius 3 is 2.71 bits per heavy atom. The van der Waals surface area contributed by atoms with Crippen LogP contribution in [0.4, 0.5) is 4.39 Å². The summed E-state index contributed by atoms with van der Waals surface area (Å²) >= 11 is 0. The highest BCUT2D eigenvalue weighted by Gasteiger charge is 2.37. The predicted molar refractivity (Wildman–Crippen MR) is 93.2 cm³/mol. The van der Waals surface area contributed by atoms with Gasteiger partial charge in [-0.15, -0.1) is 5.92 Å². The van der Waals surface area contributed by atoms with Gasteiger partial charge in [0, 0.05) is 23.3 Å². The third kappa shape index (κ3) is 3.84. The average Bonchev–Trinajstić information content (AvgIpc) is 2.54. The number of hydrogen-bond acceptors (Lipinski definition) is 3. The van der Waals surface area contributed by atoms with Crippen molar-refractivity contribution in [3.8, 4) is 17.6 Å². The highest BCUT2D eigenvalue weighted by atomic mass is 19.1. The Balaban J connectivity index is 2.35. The van der Waals surface area contributed by atoms with E-state index >= 15 is 0 Å². The Morgan fingerprint density at radius 2 is 2.12 bits per heavy atom. The van der Waals surface area contributed by atoms with Crippen molar-refractivity contribution in [1.29, 1.82) is 5.41 Å². The summed E-state index contributed by atoms with van der Waals surface area (Å²) in [6, 6.07) is 2.96. The Morgan fingerprint density at radius 1 is 1.38 bits per heavy atom. The maximum atomic E-state index is 14.7. The third-order valence-electron chi connectivity index (χ3n) is 4.50. The highest BCUT2D eigenvalue weighted by Crippen LogP contribution is 2.38. The normalized spacial score (nSPS) is 20.5. The molecule has 1 aromatic carbocycles. The van der Waals surface area contributed by atoms with Gasteiger partial charge in [0.15, 0.2) is 0 Å². The molecule has 0 saturated heterocycles. The lowest BCUT2D eigenvalue weighted by Crippen LogP contribution is -2.32. The molecule has 1 aliphatic carbocycles. The van der Waals surface area contributed by atoms with E-state index in [4.69, 9.17) is 10.1 Å². The van der Waals surface area contributed by atoms with Crippen LogP contribution in [-0.2, 0) is 4.79 Å². The molecule has 0 amide bonds. The number of nitrogens with one attached hydrogen (secondary N) is 1. The fraction of sp³-hybridized carbons (Fsp3) is 0.500. The van der Waals surface area contributed by atoms with Gasteiger partial charge in [0.25, 0.3) is 0 Å². The Bertz CT molecular complexity index is 682. The lowest BCUT2D eigenvalue weighted by Gasteiger charge is -2.29. The number of ether oxygens (including phenoxy) is 1. The van der Waals surface area contributed by atoms with Gasteiger partial charge in [-0.25, -0.2) is 4.39 Å². The molecular formula is C20H24FNO2. The van der Waals surface area contributed by atoms with Crippen molar-refractivity contribution in [2.75, 3.05) is 7.11 Å². The molecule has 1 fully saturated rings. The van der Waals surface area contributed by atoms with E-state index in [1.54, 1.807) is 13.0 Å². The fourth-order valence-corrected chi connectivity index (χ4v) is 3.39. The second-order valence-electron chi connectivity index (χ2n) is 6.29. The number of rotatable bonds is 5. The maximum absolute atomic E-state index is 14.7. The van der Waals surface area contributed by atoms with E-state index in [9.17, 15) is 9.18 Å². The predicted octanol–water partition coefficient (Wildman–Crippen LogP) is 4.48. The van der Waals surface area contributed by atoms with E-state index in [1.165, 1.54) is 13.2 Å². The van der Waals surface area contributed by atoms with Gasteiger partial charge in [-0.2, -0.15) is 0 Å². The lowest BCUT2D eigenvalue weighted by molar-refractivity contribution is -0.120. The summed E-state index contributed by atoms with van der Waals surface area (Å²) in [5.41, 5.74) is 0.980. The van der Waals surface area contributed by atoms with E-state index in [-0.39, 0.29) is 17.3 Å². The minimum atomic E-state index is -0.832. The maximum Gasteiger partial charge on any atom is 0.146 e. The zero-order chi connectivity index (χ0) is 17.7. The molecule has 128 valence electrons. The topological polar surface area (TPSA) is 50.2 Å². The quantitative estimate of drug-likeness (QED) is 0.810. The summed E-state index contributed by atoms with van der Waals surface area (Å²) in [6.07, 6.45) is 4.03. The van der Waals surface area contributed by atoms with E-state index in [1.807, 2.05) is 0 Å². The van der Waals surface area contributed by atoms with E-state index in [0.717, 1.165) is 19.3 Å². The fourth-order valence-electron chi connectivity index (χ4n) is 3.39. The van der Waals surface area contributed by atoms with Gasteiger partial charge < -0.3 is 10.1 Å². The van der Waals surface area contributed by atoms with E-state index < -0.39 is 11.7 Å². The molecule has 2 unspecified atom stereocenters. The van der Waals surface area contributed by atoms with Crippen molar-refractivity contribution in [3.05, 3.63) is 29.1 Å². The molecule has 1 saturated carbocycles. The molecule has 0 aliphatic heterocycles. The number of Topliss-reactive ketones (excluding diaryl/α,β-unsaturated/α-hetero) is 1. The van der Waals surface area contributed by atoms with Gasteiger partial charge in [-0.05, 0) is 37.8 Å². The van der Waals surface area contributed by atoms with E-state index in [2.05, 4.69) is 18.8 Å². The summed E-state index contributed by atoms with van der Waals surface area (Å²) in [7, 11) is 1.45. The number of halogens is 1. The van der Waals surface area contributed by atoms with Gasteiger partial charge in [0.1, 0.15) is 17.3 Å². The molecule has 1 aromatic rings. The number of carbonyl (C=O) groups is 1. The van der Waals surface area contributed by atoms with Gasteiger partial charge in [-0.1, -0.05) is 25.7 Å². The van der Waals surface area contributed by atoms with Crippen LogP contribution in [0.2, 0.25) is 0 Å². The Labute approximate surface area is 143 Å². The zero-order valence-corrected chi connectivity index (χ0v) is 14.5. The molecule has 3 nitrogen and oxygen atoms in total. The first-order valence-electron chi connectivity index (χ1n) is 8.42. The molecule has 1 aliphatic rings. The molecule has 0 bridgehead atoms. The summed E-state index contributed by atoms with van der Waals surface area (Å²) in [5.74, 6) is 4.58. The molecule has 2 atom stereocenters. The molecule has 24 heavy (non-hydrogen) atoms. The van der Waals surface area contributed by atoms with Crippen LogP contribution in [0, 0.1) is 29.0 Å². The van der Waals surface area contributed by atoms with Gasteiger partial charge in [-0.3, -0.25) is 4.79 Å². The minimum Gasteiger partial charge on any atom is -0.496 e. The summed E-state index contributed by atoms with van der Waals surface area (Å²) < 4.78 is 20.0. The molecule has 2 rings (SSSR count). The number of carbonyl (C=O) groups excluding carboxylic acids is 1. The number of methoxy groups -OCH3 is 1. The first kappa shape index (κ1) is 18.2. The number of ketones is 1. The first-order chi connectivity index (χ1) is 11.5. The largest absolute Gasteiger partial charge is 0.496 e. The molecule has 0 radical (unpaired) electrons. The lowest BCUT2D eigenvalue weighted by atomic mass is 9.74. The van der Waals surface area contributed by atoms with Crippen LogP contribution in [0.5, 0.6) is 5.75 Å². The first-order valence-corrected chi connectivity index (χ1v) is 8.42. The van der Waals surface area contributed by atoms with Crippen LogP contribution < -0.4 is 4.74 Å². The molecule has 0 aromatic heterocycles. The van der Waals surface area contributed by atoms with Crippen LogP contribution in [0.1, 0.15) is 63.0 Å². The Kier molecular flexibility index (Phi) is 6.14. The van der Waals surface area contributed by atoms with Crippen molar-refractivity contribution >= 4 is 11.5 Å². The zero-order valence-electron chi connectivity index (χ0n) is 14.5. The molecule has 0 spiro atoms. The van der Waals surface area contributed by atoms with Crippen molar-refractivity contribution in [3.63, 3.8) is 0 Å². The van der Waals surface area contributed by atoms with Crippen molar-refractivity contribution in [2.45, 2.75) is 51.9 Å². The molecule has 0 heterocycles. The van der Waals surface area contributed by atoms with Crippen molar-refractivity contribution < 1.29 is 13.9 Å². The number of benzene rings is 1. The van der Waals surface area contributed by atoms with Crippen molar-refractivity contribution in [2.24, 2.45) is 5.92 Å². The van der Waals surface area contributed by atoms with Crippen LogP contribution in [0.15, 0.2) is 12.1 Å². The standard InChI is InChI=1S/C20H24FNO2/c1-4-6-8-14-10-16(22)20(17(23)11-14)19-15(21)9-13(7-5-2)12-18(19)24-3/h9,12,14,20,22H,4,6,8,10-11H2,1-3H3. The van der Waals surface area contributed by atoms with Crippen LogP contribution in [0.25, 0.3) is 0 Å². The van der Waals surface area contributed by atoms with Crippen LogP contribution >= 0.6 is 0 Å². The molecule has 1 N–H and O–H groups in total. The molecule has 4 heteroatoms. The van der Waals surface area contributed by atoms with Crippen molar-refractivity contribution in [1.82, 2.24) is 0 Å². The minimum absolute atomic E-state index is 0.0844. The van der Waals surface area contributed by atoms with E-state index in [0.29, 0.717) is 29.9 Å². The number of unbranched alkanes of at least 4 members (excludes halogenated alkanes) is 1. The van der Waals surface area contributed by atoms with Gasteiger partial charge in [0.2, 0.25) is 0 Å². The molecular weight excluding hydrogens is 305 g/mol. The average molecular weight is 329 g/mol. The summed E-state index contributed by atoms with van der Waals surface area (Å²) in [6.45, 7) is 3.79. The van der Waals surface area contributed by atoms with Gasteiger partial charge in [0.05, 0.1) is 13.0 Å². The summed E-state index contributed by atoms with van der Waals surface area (Å²) in [5, 5.41) is 8.31. The second kappa shape index (κ2) is 8.10. The smallest absolute Gasteiger partial charge is 0.146 e. The van der Waals surface area contributed by atoms with Crippen LogP contribution in [0.3, 0.4) is 0 Å². The SMILES string of the molecule is CC#Cc1cc(F)c(C2C(=N)CC(CCCC)CC2=O)c(OC)c1. The van der Waals surface area contributed by atoms with Gasteiger partial charge >= 0.3 is 0 Å². The van der Waals surface area contributed by atoms with Crippen LogP contribution in [-0.4, -0.2) is 18.6 Å². The monoisotopic (exact) mass is 329 g/mol.